The molecule has 0 aliphatic rings. The normalized spacial score (nSPS) is 10.8. The molecule has 4 rings (SSSR count). The van der Waals surface area contributed by atoms with Crippen molar-refractivity contribution in [3.63, 3.8) is 0 Å². The van der Waals surface area contributed by atoms with E-state index in [0.29, 0.717) is 6.42 Å². The van der Waals surface area contributed by atoms with Gasteiger partial charge in [-0.15, -0.1) is 11.8 Å². The lowest BCUT2D eigenvalue weighted by atomic mass is 10.1. The molecule has 0 aliphatic heterocycles. The molecule has 0 unspecified atom stereocenters. The molecule has 4 aromatic rings. The van der Waals surface area contributed by atoms with Gasteiger partial charge >= 0.3 is 0 Å². The number of anilines is 1. The van der Waals surface area contributed by atoms with E-state index < -0.39 is 0 Å². The second-order valence-corrected chi connectivity index (χ2v) is 7.27. The maximum atomic E-state index is 12.4. The first-order chi connectivity index (χ1) is 13.3. The summed E-state index contributed by atoms with van der Waals surface area (Å²) in [5.74, 6) is 0.751. The Morgan fingerprint density at radius 3 is 2.59 bits per heavy atom. The number of hydrogen-bond donors (Lipinski definition) is 1. The fourth-order valence-electron chi connectivity index (χ4n) is 2.87. The fraction of sp³-hybridized carbons (Fsp3) is 0.0909. The van der Waals surface area contributed by atoms with E-state index in [1.54, 1.807) is 11.8 Å². The van der Waals surface area contributed by atoms with Gasteiger partial charge in [-0.25, -0.2) is 4.98 Å². The zero-order valence-corrected chi connectivity index (χ0v) is 15.5. The maximum Gasteiger partial charge on any atom is 0.225 e. The van der Waals surface area contributed by atoms with Gasteiger partial charge in [0, 0.05) is 35.0 Å². The molecule has 0 fully saturated rings. The Balaban J connectivity index is 1.45. The van der Waals surface area contributed by atoms with Crippen molar-refractivity contribution in [3.8, 4) is 11.3 Å². The van der Waals surface area contributed by atoms with E-state index in [9.17, 15) is 4.79 Å². The Kier molecular flexibility index (Phi) is 5.21. The molecule has 0 radical (unpaired) electrons. The molecular formula is C22H19N3OS. The van der Waals surface area contributed by atoms with Crippen LogP contribution in [0.4, 0.5) is 5.69 Å². The molecule has 1 N–H and O–H groups in total. The molecule has 2 heterocycles. The third kappa shape index (κ3) is 4.20. The van der Waals surface area contributed by atoms with Gasteiger partial charge < -0.3 is 9.72 Å². The van der Waals surface area contributed by atoms with Gasteiger partial charge in [0.1, 0.15) is 5.65 Å². The predicted molar refractivity (Wildman–Crippen MR) is 111 cm³/mol. The number of imidazole rings is 1. The number of aromatic nitrogens is 2. The first-order valence-electron chi connectivity index (χ1n) is 8.80. The zero-order valence-electron chi connectivity index (χ0n) is 14.7. The number of fused-ring (bicyclic) bond motifs is 1. The van der Waals surface area contributed by atoms with Gasteiger partial charge in [-0.3, -0.25) is 4.79 Å². The van der Waals surface area contributed by atoms with Crippen LogP contribution < -0.4 is 5.32 Å². The maximum absolute atomic E-state index is 12.4. The second-order valence-electron chi connectivity index (χ2n) is 6.10. The third-order valence-electron chi connectivity index (χ3n) is 4.18. The molecule has 0 saturated heterocycles. The number of rotatable bonds is 6. The van der Waals surface area contributed by atoms with Gasteiger partial charge in [0.05, 0.1) is 11.4 Å². The zero-order chi connectivity index (χ0) is 18.5. The highest BCUT2D eigenvalue weighted by atomic mass is 32.2. The molecule has 0 atom stereocenters. The van der Waals surface area contributed by atoms with Gasteiger partial charge in [0.2, 0.25) is 5.91 Å². The molecule has 0 spiro atoms. The Bertz CT molecular complexity index is 1030. The Hall–Kier alpha value is -3.05. The quantitative estimate of drug-likeness (QED) is 0.477. The van der Waals surface area contributed by atoms with E-state index in [-0.39, 0.29) is 5.91 Å². The molecule has 0 saturated carbocycles. The SMILES string of the molecule is O=C(CCSc1ccccc1)Nc1ccccc1-c1cn2ccccc2n1. The van der Waals surface area contributed by atoms with Crippen LogP contribution in [-0.2, 0) is 4.79 Å². The number of nitrogens with one attached hydrogen (secondary N) is 1. The van der Waals surface area contributed by atoms with Crippen molar-refractivity contribution in [2.45, 2.75) is 11.3 Å². The summed E-state index contributed by atoms with van der Waals surface area (Å²) < 4.78 is 1.98. The van der Waals surface area contributed by atoms with E-state index >= 15 is 0 Å². The van der Waals surface area contributed by atoms with Crippen molar-refractivity contribution < 1.29 is 4.79 Å². The molecular weight excluding hydrogens is 354 g/mol. The van der Waals surface area contributed by atoms with Gasteiger partial charge in [-0.1, -0.05) is 42.5 Å². The lowest BCUT2D eigenvalue weighted by molar-refractivity contribution is -0.115. The van der Waals surface area contributed by atoms with Crippen LogP contribution in [0.25, 0.3) is 16.9 Å². The highest BCUT2D eigenvalue weighted by Crippen LogP contribution is 2.27. The van der Waals surface area contributed by atoms with Crippen LogP contribution in [0.5, 0.6) is 0 Å². The lowest BCUT2D eigenvalue weighted by Gasteiger charge is -2.09. The number of carbonyl (C=O) groups excluding carboxylic acids is 1. The van der Waals surface area contributed by atoms with Gasteiger partial charge in [0.15, 0.2) is 0 Å². The van der Waals surface area contributed by atoms with Crippen LogP contribution in [0.1, 0.15) is 6.42 Å². The van der Waals surface area contributed by atoms with Crippen molar-refractivity contribution in [2.24, 2.45) is 0 Å². The number of thioether (sulfide) groups is 1. The summed E-state index contributed by atoms with van der Waals surface area (Å²) in [5, 5.41) is 3.04. The largest absolute Gasteiger partial charge is 0.325 e. The van der Waals surface area contributed by atoms with Crippen molar-refractivity contribution in [2.75, 3.05) is 11.1 Å². The fourth-order valence-corrected chi connectivity index (χ4v) is 3.74. The number of para-hydroxylation sites is 1. The number of carbonyl (C=O) groups is 1. The highest BCUT2D eigenvalue weighted by molar-refractivity contribution is 7.99. The standard InChI is InChI=1S/C22H19N3OS/c26-22(13-15-27-17-8-2-1-3-9-17)24-19-11-5-4-10-18(19)20-16-25-14-7-6-12-21(25)23-20/h1-12,14,16H,13,15H2,(H,24,26). The third-order valence-corrected chi connectivity index (χ3v) is 5.20. The predicted octanol–water partition coefficient (Wildman–Crippen LogP) is 5.12. The molecule has 5 heteroatoms. The van der Waals surface area contributed by atoms with E-state index in [0.717, 1.165) is 28.3 Å². The monoisotopic (exact) mass is 373 g/mol. The van der Waals surface area contributed by atoms with Crippen LogP contribution in [0, 0.1) is 0 Å². The average Bonchev–Trinajstić information content (AvgIpc) is 3.13. The Morgan fingerprint density at radius 2 is 1.74 bits per heavy atom. The minimum atomic E-state index is 0.00893. The van der Waals surface area contributed by atoms with Crippen LogP contribution in [0.15, 0.2) is 90.1 Å². The van der Waals surface area contributed by atoms with Crippen molar-refractivity contribution in [3.05, 3.63) is 85.2 Å². The van der Waals surface area contributed by atoms with Crippen molar-refractivity contribution in [1.29, 1.82) is 0 Å². The first kappa shape index (κ1) is 17.4. The highest BCUT2D eigenvalue weighted by Gasteiger charge is 2.11. The topological polar surface area (TPSA) is 46.4 Å². The first-order valence-corrected chi connectivity index (χ1v) is 9.79. The van der Waals surface area contributed by atoms with Crippen molar-refractivity contribution in [1.82, 2.24) is 9.38 Å². The van der Waals surface area contributed by atoms with Gasteiger partial charge in [-0.2, -0.15) is 0 Å². The van der Waals surface area contributed by atoms with Crippen LogP contribution in [0.3, 0.4) is 0 Å². The summed E-state index contributed by atoms with van der Waals surface area (Å²) in [6, 6.07) is 23.8. The Labute approximate surface area is 162 Å². The molecule has 27 heavy (non-hydrogen) atoms. The van der Waals surface area contributed by atoms with E-state index in [4.69, 9.17) is 0 Å². The molecule has 0 bridgehead atoms. The molecule has 1 amide bonds. The average molecular weight is 373 g/mol. The van der Waals surface area contributed by atoms with E-state index in [2.05, 4.69) is 22.4 Å². The van der Waals surface area contributed by atoms with E-state index in [1.165, 1.54) is 4.90 Å². The minimum absolute atomic E-state index is 0.00893. The summed E-state index contributed by atoms with van der Waals surface area (Å²) in [4.78, 5) is 18.2. The number of pyridine rings is 1. The molecule has 0 aliphatic carbocycles. The summed E-state index contributed by atoms with van der Waals surface area (Å²) in [6.07, 6.45) is 4.40. The van der Waals surface area contributed by atoms with Crippen LogP contribution in [0.2, 0.25) is 0 Å². The minimum Gasteiger partial charge on any atom is -0.325 e. The summed E-state index contributed by atoms with van der Waals surface area (Å²) in [6.45, 7) is 0. The molecule has 2 aromatic carbocycles. The lowest BCUT2D eigenvalue weighted by Crippen LogP contribution is -2.12. The van der Waals surface area contributed by atoms with Crippen LogP contribution >= 0.6 is 11.8 Å². The summed E-state index contributed by atoms with van der Waals surface area (Å²) in [7, 11) is 0. The van der Waals surface area contributed by atoms with Crippen molar-refractivity contribution >= 4 is 29.0 Å². The van der Waals surface area contributed by atoms with E-state index in [1.807, 2.05) is 77.5 Å². The van der Waals surface area contributed by atoms with Gasteiger partial charge in [0.25, 0.3) is 0 Å². The molecule has 2 aromatic heterocycles. The smallest absolute Gasteiger partial charge is 0.225 e. The number of nitrogens with zero attached hydrogens (tertiary/aromatic N) is 2. The van der Waals surface area contributed by atoms with Gasteiger partial charge in [-0.05, 0) is 30.3 Å². The molecule has 134 valence electrons. The summed E-state index contributed by atoms with van der Waals surface area (Å²) in [5.41, 5.74) is 3.43. The molecule has 4 nitrogen and oxygen atoms in total. The number of benzene rings is 2. The van der Waals surface area contributed by atoms with Crippen LogP contribution in [-0.4, -0.2) is 21.0 Å². The number of hydrogen-bond acceptors (Lipinski definition) is 3. The Morgan fingerprint density at radius 1 is 0.963 bits per heavy atom. The summed E-state index contributed by atoms with van der Waals surface area (Å²) >= 11 is 1.69. The second kappa shape index (κ2) is 8.10. The number of amides is 1.